The molecular formula is C90H62F2N6. The van der Waals surface area contributed by atoms with Crippen molar-refractivity contribution in [2.24, 2.45) is 0 Å². The topological polar surface area (TPSA) is 22.8 Å². The number of para-hydroxylation sites is 4. The Bertz CT molecular complexity index is 5270. The van der Waals surface area contributed by atoms with Crippen molar-refractivity contribution in [3.8, 4) is 33.9 Å². The van der Waals surface area contributed by atoms with Gasteiger partial charge in [-0.2, -0.15) is 0 Å². The minimum absolute atomic E-state index is 0.323. The zero-order valence-corrected chi connectivity index (χ0v) is 53.2. The molecule has 98 heavy (non-hydrogen) atoms. The molecule has 0 aliphatic carbocycles. The maximum atomic E-state index is 15.5. The second kappa shape index (κ2) is 25.4. The van der Waals surface area contributed by atoms with Gasteiger partial charge < -0.3 is 28.7 Å². The molecule has 0 saturated carbocycles. The maximum Gasteiger partial charge on any atom is 0.123 e. The number of benzene rings is 15. The zero-order valence-electron chi connectivity index (χ0n) is 53.2. The largest absolute Gasteiger partial charge is 0.311 e. The predicted molar refractivity (Wildman–Crippen MR) is 405 cm³/mol. The Kier molecular flexibility index (Phi) is 15.2. The van der Waals surface area contributed by atoms with Gasteiger partial charge in [0.1, 0.15) is 11.6 Å². The summed E-state index contributed by atoms with van der Waals surface area (Å²) < 4.78 is 35.5. The van der Waals surface area contributed by atoms with Crippen LogP contribution in [0.2, 0.25) is 0 Å². The quantitative estimate of drug-likeness (QED) is 0.0962. The van der Waals surface area contributed by atoms with E-state index in [-0.39, 0.29) is 11.6 Å². The van der Waals surface area contributed by atoms with Gasteiger partial charge in [0, 0.05) is 102 Å². The number of nitrogens with zero attached hydrogens (tertiary/aromatic N) is 6. The van der Waals surface area contributed by atoms with Crippen molar-refractivity contribution in [3.63, 3.8) is 0 Å². The lowest BCUT2D eigenvalue weighted by Crippen LogP contribution is -2.12. The fourth-order valence-electron chi connectivity index (χ4n) is 13.9. The van der Waals surface area contributed by atoms with E-state index in [1.807, 2.05) is 36.4 Å². The van der Waals surface area contributed by atoms with Gasteiger partial charge in [-0.3, -0.25) is 0 Å². The van der Waals surface area contributed by atoms with Crippen molar-refractivity contribution >= 4 is 112 Å². The molecule has 0 fully saturated rings. The summed E-state index contributed by atoms with van der Waals surface area (Å²) in [7, 11) is 0. The Morgan fingerprint density at radius 1 is 0.184 bits per heavy atom. The van der Waals surface area contributed by atoms with Gasteiger partial charge in [-0.05, 0) is 240 Å². The van der Waals surface area contributed by atoms with Crippen LogP contribution in [0.5, 0.6) is 0 Å². The van der Waals surface area contributed by atoms with Crippen molar-refractivity contribution in [1.29, 1.82) is 0 Å². The second-order valence-electron chi connectivity index (χ2n) is 24.5. The minimum Gasteiger partial charge on any atom is -0.311 e. The minimum atomic E-state index is -0.323. The van der Waals surface area contributed by atoms with E-state index in [2.05, 4.69) is 332 Å². The lowest BCUT2D eigenvalue weighted by atomic mass is 10.1. The molecule has 0 N–H and O–H groups in total. The number of anilines is 12. The van der Waals surface area contributed by atoms with E-state index in [9.17, 15) is 0 Å². The molecule has 0 amide bonds. The van der Waals surface area contributed by atoms with E-state index in [1.54, 1.807) is 24.3 Å². The van der Waals surface area contributed by atoms with E-state index < -0.39 is 0 Å². The van der Waals surface area contributed by atoms with Crippen LogP contribution in [0.1, 0.15) is 0 Å². The molecule has 6 nitrogen and oxygen atoms in total. The van der Waals surface area contributed by atoms with Crippen LogP contribution in [0.4, 0.5) is 77.0 Å². The normalized spacial score (nSPS) is 11.4. The average Bonchev–Trinajstić information content (AvgIpc) is 1.57. The third-order valence-electron chi connectivity index (χ3n) is 18.5. The fraction of sp³-hybridized carbons (Fsp3) is 0. The lowest BCUT2D eigenvalue weighted by Gasteiger charge is -2.28. The first-order valence-electron chi connectivity index (χ1n) is 32.9. The summed E-state index contributed by atoms with van der Waals surface area (Å²) in [5.74, 6) is -0.646. The molecule has 0 atom stereocenters. The molecule has 0 saturated heterocycles. The molecule has 17 aromatic rings. The Hall–Kier alpha value is -13.0. The van der Waals surface area contributed by atoms with Gasteiger partial charge in [0.2, 0.25) is 0 Å². The molecule has 466 valence electrons. The SMILES string of the molecule is Fc1cccc(-c2cc3cc4c(cc(-c5cccc(F)c5)n4-c4ccc(N(c5ccc(N(c6ccccc6)c6ccccc6)cc5)c5ccc6ccccc6c5)cc4)cc3n2-c2ccc(N(c3ccc(N(c4ccccc4)c4ccccc4)cc3)c3ccc4ccccc4c3)cc2)c1. The molecule has 0 aliphatic heterocycles. The van der Waals surface area contributed by atoms with Crippen LogP contribution < -0.4 is 19.6 Å². The molecule has 0 unspecified atom stereocenters. The number of fused-ring (bicyclic) bond motifs is 4. The highest BCUT2D eigenvalue weighted by Crippen LogP contribution is 2.45. The highest BCUT2D eigenvalue weighted by atomic mass is 19.1. The lowest BCUT2D eigenvalue weighted by molar-refractivity contribution is 0.628. The van der Waals surface area contributed by atoms with Crippen LogP contribution in [0, 0.1) is 11.6 Å². The summed E-state index contributed by atoms with van der Waals surface area (Å²) in [6.45, 7) is 0. The molecule has 15 aromatic carbocycles. The van der Waals surface area contributed by atoms with Crippen molar-refractivity contribution in [2.75, 3.05) is 19.6 Å². The van der Waals surface area contributed by atoms with Gasteiger partial charge in [0.05, 0.1) is 22.4 Å². The zero-order chi connectivity index (χ0) is 65.5. The van der Waals surface area contributed by atoms with Crippen LogP contribution in [-0.2, 0) is 0 Å². The molecule has 0 aliphatic rings. The summed E-state index contributed by atoms with van der Waals surface area (Å²) in [4.78, 5) is 9.14. The van der Waals surface area contributed by atoms with Crippen LogP contribution in [0.3, 0.4) is 0 Å². The number of aromatic nitrogens is 2. The first kappa shape index (κ1) is 58.8. The number of hydrogen-bond acceptors (Lipinski definition) is 4. The third-order valence-corrected chi connectivity index (χ3v) is 18.5. The van der Waals surface area contributed by atoms with Crippen molar-refractivity contribution in [3.05, 3.63) is 388 Å². The molecule has 0 radical (unpaired) electrons. The maximum absolute atomic E-state index is 15.5. The number of hydrogen-bond donors (Lipinski definition) is 0. The first-order valence-corrected chi connectivity index (χ1v) is 32.9. The molecule has 2 aromatic heterocycles. The Morgan fingerprint density at radius 2 is 0.449 bits per heavy atom. The van der Waals surface area contributed by atoms with E-state index in [1.165, 1.54) is 12.1 Å². The van der Waals surface area contributed by atoms with E-state index >= 15 is 8.78 Å². The molecule has 2 heterocycles. The number of halogens is 2. The van der Waals surface area contributed by atoms with Crippen LogP contribution in [-0.4, -0.2) is 9.13 Å². The standard InChI is InChI=1S/C90H62F2N6/c91-71-25-17-23-67(55-71)87-59-69-62-90-70(61-89(69)97(87)83-51-47-81(48-52-83)95(85-37-35-63-19-13-15-21-65(63)57-85)79-43-39-77(40-44-79)93(73-27-5-1-6-28-73)74-29-7-2-8-30-74)60-88(68-24-18-26-72(92)56-68)98(90)84-53-49-82(50-54-84)96(86-38-36-64-20-14-16-22-66(64)58-86)80-45-41-78(42-46-80)94(75-31-9-3-10-32-75)76-33-11-4-12-34-76/h1-62H. The van der Waals surface area contributed by atoms with E-state index in [0.717, 1.165) is 145 Å². The average molecular weight is 1270 g/mol. The summed E-state index contributed by atoms with van der Waals surface area (Å²) >= 11 is 0. The van der Waals surface area contributed by atoms with Gasteiger partial charge in [0.15, 0.2) is 0 Å². The Labute approximate surface area is 567 Å². The Morgan fingerprint density at radius 3 is 0.765 bits per heavy atom. The van der Waals surface area contributed by atoms with Gasteiger partial charge in [0.25, 0.3) is 0 Å². The predicted octanol–water partition coefficient (Wildman–Crippen LogP) is 25.4. The summed E-state index contributed by atoms with van der Waals surface area (Å²) in [6.07, 6.45) is 0. The highest BCUT2D eigenvalue weighted by Gasteiger charge is 2.23. The van der Waals surface area contributed by atoms with Crippen LogP contribution in [0.25, 0.3) is 77.2 Å². The van der Waals surface area contributed by atoms with E-state index in [4.69, 9.17) is 0 Å². The molecule has 0 spiro atoms. The second-order valence-corrected chi connectivity index (χ2v) is 24.5. The summed E-state index contributed by atoms with van der Waals surface area (Å²) in [5.41, 5.74) is 19.0. The van der Waals surface area contributed by atoms with Crippen LogP contribution >= 0.6 is 0 Å². The molecule has 17 rings (SSSR count). The van der Waals surface area contributed by atoms with Gasteiger partial charge in [-0.1, -0.05) is 158 Å². The van der Waals surface area contributed by atoms with Gasteiger partial charge in [-0.15, -0.1) is 0 Å². The van der Waals surface area contributed by atoms with Crippen molar-refractivity contribution in [2.45, 2.75) is 0 Å². The molecular weight excluding hydrogens is 1200 g/mol. The molecule has 0 bridgehead atoms. The summed E-state index contributed by atoms with van der Waals surface area (Å²) in [5, 5.41) is 6.48. The van der Waals surface area contributed by atoms with Crippen LogP contribution in [0.15, 0.2) is 376 Å². The van der Waals surface area contributed by atoms with Crippen molar-refractivity contribution < 1.29 is 8.78 Å². The fourth-order valence-corrected chi connectivity index (χ4v) is 13.9. The van der Waals surface area contributed by atoms with Crippen molar-refractivity contribution in [1.82, 2.24) is 9.13 Å². The van der Waals surface area contributed by atoms with E-state index in [0.29, 0.717) is 0 Å². The number of rotatable bonds is 16. The smallest absolute Gasteiger partial charge is 0.123 e. The first-order chi connectivity index (χ1) is 48.4. The molecule has 8 heteroatoms. The third kappa shape index (κ3) is 11.2. The van der Waals surface area contributed by atoms with Gasteiger partial charge in [-0.25, -0.2) is 8.78 Å². The highest BCUT2D eigenvalue weighted by molar-refractivity contribution is 6.03. The Balaban J connectivity index is 0.776. The van der Waals surface area contributed by atoms with Gasteiger partial charge >= 0.3 is 0 Å². The monoisotopic (exact) mass is 1260 g/mol. The summed E-state index contributed by atoms with van der Waals surface area (Å²) in [6, 6.07) is 129.